The smallest absolute Gasteiger partial charge is 0.191 e. The molecule has 0 amide bonds. The predicted octanol–water partition coefficient (Wildman–Crippen LogP) is 3.30. The van der Waals surface area contributed by atoms with Crippen molar-refractivity contribution in [2.45, 2.75) is 25.9 Å². The van der Waals surface area contributed by atoms with E-state index in [0.29, 0.717) is 12.5 Å². The van der Waals surface area contributed by atoms with Crippen molar-refractivity contribution >= 4 is 11.6 Å². The summed E-state index contributed by atoms with van der Waals surface area (Å²) in [5.74, 6) is -0.276. The van der Waals surface area contributed by atoms with E-state index in [1.54, 1.807) is 0 Å². The summed E-state index contributed by atoms with van der Waals surface area (Å²) in [7, 11) is 0. The molecule has 0 radical (unpaired) electrons. The van der Waals surface area contributed by atoms with Crippen LogP contribution in [0.1, 0.15) is 18.9 Å². The molecular weight excluding hydrogens is 334 g/mol. The normalized spacial score (nSPS) is 17.4. The van der Waals surface area contributed by atoms with Gasteiger partial charge in [-0.05, 0) is 43.7 Å². The topological polar surface area (TPSA) is 39.7 Å². The van der Waals surface area contributed by atoms with Gasteiger partial charge in [0.1, 0.15) is 11.6 Å². The Morgan fingerprint density at radius 1 is 1.19 bits per heavy atom. The SMILES string of the molecule is CCNC(=NCc1cc(F)ccc1F)NC1CCN(c2ccccc2)C1. The molecule has 2 N–H and O–H groups in total. The molecule has 1 fully saturated rings. The van der Waals surface area contributed by atoms with Gasteiger partial charge < -0.3 is 15.5 Å². The summed E-state index contributed by atoms with van der Waals surface area (Å²) >= 11 is 0. The number of aliphatic imine (C=N–C) groups is 1. The molecule has 26 heavy (non-hydrogen) atoms. The van der Waals surface area contributed by atoms with Crippen molar-refractivity contribution in [3.05, 3.63) is 65.7 Å². The maximum absolute atomic E-state index is 13.8. The molecule has 2 aromatic rings. The van der Waals surface area contributed by atoms with E-state index in [1.165, 1.54) is 11.8 Å². The molecule has 0 saturated carbocycles. The van der Waals surface area contributed by atoms with E-state index in [4.69, 9.17) is 0 Å². The van der Waals surface area contributed by atoms with Gasteiger partial charge in [-0.25, -0.2) is 13.8 Å². The maximum atomic E-state index is 13.8. The average molecular weight is 358 g/mol. The molecule has 4 nitrogen and oxygen atoms in total. The van der Waals surface area contributed by atoms with E-state index in [0.717, 1.165) is 31.6 Å². The lowest BCUT2D eigenvalue weighted by molar-refractivity contribution is 0.584. The van der Waals surface area contributed by atoms with Gasteiger partial charge >= 0.3 is 0 Å². The zero-order valence-corrected chi connectivity index (χ0v) is 14.9. The fourth-order valence-corrected chi connectivity index (χ4v) is 3.09. The summed E-state index contributed by atoms with van der Waals surface area (Å²) in [6.45, 7) is 4.62. The molecule has 0 bridgehead atoms. The van der Waals surface area contributed by atoms with Crippen molar-refractivity contribution in [1.29, 1.82) is 0 Å². The van der Waals surface area contributed by atoms with E-state index in [-0.39, 0.29) is 18.2 Å². The fraction of sp³-hybridized carbons (Fsp3) is 0.350. The van der Waals surface area contributed by atoms with Crippen molar-refractivity contribution in [3.8, 4) is 0 Å². The van der Waals surface area contributed by atoms with Crippen LogP contribution in [0, 0.1) is 11.6 Å². The molecule has 0 aromatic heterocycles. The quantitative estimate of drug-likeness (QED) is 0.636. The summed E-state index contributed by atoms with van der Waals surface area (Å²) in [4.78, 5) is 6.74. The number of rotatable bonds is 5. The zero-order valence-electron chi connectivity index (χ0n) is 14.9. The minimum absolute atomic E-state index is 0.0913. The van der Waals surface area contributed by atoms with E-state index in [2.05, 4.69) is 32.7 Å². The summed E-state index contributed by atoms with van der Waals surface area (Å²) in [6.07, 6.45) is 0.994. The molecule has 1 saturated heterocycles. The Morgan fingerprint density at radius 2 is 2.00 bits per heavy atom. The number of nitrogens with one attached hydrogen (secondary N) is 2. The molecule has 2 aromatic carbocycles. The number of hydrogen-bond donors (Lipinski definition) is 2. The van der Waals surface area contributed by atoms with Gasteiger partial charge in [-0.3, -0.25) is 0 Å². The minimum Gasteiger partial charge on any atom is -0.369 e. The van der Waals surface area contributed by atoms with Crippen molar-refractivity contribution in [2.75, 3.05) is 24.5 Å². The minimum atomic E-state index is -0.455. The van der Waals surface area contributed by atoms with Crippen LogP contribution in [0.4, 0.5) is 14.5 Å². The Kier molecular flexibility index (Phi) is 6.04. The second kappa shape index (κ2) is 8.65. The third kappa shape index (κ3) is 4.71. The lowest BCUT2D eigenvalue weighted by Crippen LogP contribution is -2.44. The average Bonchev–Trinajstić information content (AvgIpc) is 3.12. The van der Waals surface area contributed by atoms with Crippen LogP contribution in [-0.4, -0.2) is 31.6 Å². The molecule has 1 aliphatic rings. The second-order valence-electron chi connectivity index (χ2n) is 6.34. The Labute approximate surface area is 152 Å². The van der Waals surface area contributed by atoms with Gasteiger partial charge in [-0.2, -0.15) is 0 Å². The first-order valence-electron chi connectivity index (χ1n) is 8.94. The molecule has 0 aliphatic carbocycles. The zero-order chi connectivity index (χ0) is 18.4. The van der Waals surface area contributed by atoms with E-state index >= 15 is 0 Å². The number of halogens is 2. The fourth-order valence-electron chi connectivity index (χ4n) is 3.09. The highest BCUT2D eigenvalue weighted by Crippen LogP contribution is 2.19. The van der Waals surface area contributed by atoms with Crippen LogP contribution in [-0.2, 0) is 6.54 Å². The van der Waals surface area contributed by atoms with Crippen LogP contribution in [0.2, 0.25) is 0 Å². The lowest BCUT2D eigenvalue weighted by atomic mass is 10.2. The van der Waals surface area contributed by atoms with E-state index in [9.17, 15) is 8.78 Å². The Morgan fingerprint density at radius 3 is 2.77 bits per heavy atom. The molecule has 0 spiro atoms. The highest BCUT2D eigenvalue weighted by Gasteiger charge is 2.23. The van der Waals surface area contributed by atoms with Gasteiger partial charge in [0.15, 0.2) is 5.96 Å². The highest BCUT2D eigenvalue weighted by molar-refractivity contribution is 5.80. The van der Waals surface area contributed by atoms with Crippen LogP contribution < -0.4 is 15.5 Å². The van der Waals surface area contributed by atoms with Gasteiger partial charge in [0.05, 0.1) is 6.54 Å². The van der Waals surface area contributed by atoms with Gasteiger partial charge in [-0.15, -0.1) is 0 Å². The maximum Gasteiger partial charge on any atom is 0.191 e. The van der Waals surface area contributed by atoms with Crippen molar-refractivity contribution in [1.82, 2.24) is 10.6 Å². The van der Waals surface area contributed by atoms with E-state index in [1.807, 2.05) is 25.1 Å². The van der Waals surface area contributed by atoms with Crippen molar-refractivity contribution in [2.24, 2.45) is 4.99 Å². The molecule has 138 valence electrons. The summed E-state index contributed by atoms with van der Waals surface area (Å²) in [5, 5.41) is 6.57. The largest absolute Gasteiger partial charge is 0.369 e. The number of hydrogen-bond acceptors (Lipinski definition) is 2. The Hall–Kier alpha value is -2.63. The first-order valence-corrected chi connectivity index (χ1v) is 8.94. The third-order valence-corrected chi connectivity index (χ3v) is 4.41. The summed E-state index contributed by atoms with van der Waals surface area (Å²) in [6, 6.07) is 14.0. The van der Waals surface area contributed by atoms with Crippen LogP contribution in [0.25, 0.3) is 0 Å². The van der Waals surface area contributed by atoms with E-state index < -0.39 is 11.6 Å². The van der Waals surface area contributed by atoms with Gasteiger partial charge in [0.25, 0.3) is 0 Å². The van der Waals surface area contributed by atoms with Crippen LogP contribution in [0.15, 0.2) is 53.5 Å². The molecule has 1 aliphatic heterocycles. The number of para-hydroxylation sites is 1. The lowest BCUT2D eigenvalue weighted by Gasteiger charge is -2.20. The number of guanidine groups is 1. The predicted molar refractivity (Wildman–Crippen MR) is 101 cm³/mol. The van der Waals surface area contributed by atoms with Gasteiger partial charge in [0.2, 0.25) is 0 Å². The van der Waals surface area contributed by atoms with Crippen LogP contribution in [0.3, 0.4) is 0 Å². The van der Waals surface area contributed by atoms with Crippen molar-refractivity contribution in [3.63, 3.8) is 0 Å². The molecule has 1 atom stereocenters. The van der Waals surface area contributed by atoms with Gasteiger partial charge in [-0.1, -0.05) is 18.2 Å². The van der Waals surface area contributed by atoms with Gasteiger partial charge in [0, 0.05) is 36.9 Å². The Balaban J connectivity index is 1.62. The summed E-state index contributed by atoms with van der Waals surface area (Å²) in [5.41, 5.74) is 1.46. The first-order chi connectivity index (χ1) is 12.7. The molecule has 1 heterocycles. The molecule has 6 heteroatoms. The Bertz CT molecular complexity index is 749. The third-order valence-electron chi connectivity index (χ3n) is 4.41. The highest BCUT2D eigenvalue weighted by atomic mass is 19.1. The molecule has 3 rings (SSSR count). The molecule has 1 unspecified atom stereocenters. The van der Waals surface area contributed by atoms with Crippen molar-refractivity contribution < 1.29 is 8.78 Å². The number of nitrogens with zero attached hydrogens (tertiary/aromatic N) is 2. The summed E-state index contributed by atoms with van der Waals surface area (Å²) < 4.78 is 27.1. The molecular formula is C20H24F2N4. The second-order valence-corrected chi connectivity index (χ2v) is 6.34. The van der Waals surface area contributed by atoms with Crippen LogP contribution >= 0.6 is 0 Å². The number of anilines is 1. The number of benzene rings is 2. The standard InChI is InChI=1S/C20H24F2N4/c1-2-23-20(24-13-15-12-16(21)8-9-19(15)22)25-17-10-11-26(14-17)18-6-4-3-5-7-18/h3-9,12,17H,2,10-11,13-14H2,1H3,(H2,23,24,25). The first kappa shape index (κ1) is 18.2. The van der Waals surface area contributed by atoms with Crippen LogP contribution in [0.5, 0.6) is 0 Å². The monoisotopic (exact) mass is 358 g/mol.